The van der Waals surface area contributed by atoms with E-state index in [2.05, 4.69) is 27.8 Å². The van der Waals surface area contributed by atoms with Crippen LogP contribution < -0.4 is 0 Å². The Hall–Kier alpha value is -0.0900. The smallest absolute Gasteiger partial charge is 0.236 e. The second-order valence-corrected chi connectivity index (χ2v) is 5.12. The molecule has 0 bridgehead atoms. The van der Waals surface area contributed by atoms with Crippen molar-refractivity contribution < 1.29 is 4.79 Å². The standard InChI is InChI=1S/C10H21BrN2O/c1-5-6-13(8-7-12(3)4)10(14)9(2)11/h9H,5-8H2,1-4H3. The van der Waals surface area contributed by atoms with Crippen LogP contribution >= 0.6 is 15.9 Å². The van der Waals surface area contributed by atoms with Crippen LogP contribution in [0.3, 0.4) is 0 Å². The van der Waals surface area contributed by atoms with Crippen molar-refractivity contribution >= 4 is 21.8 Å². The first-order valence-corrected chi connectivity index (χ1v) is 5.98. The normalized spacial score (nSPS) is 13.0. The summed E-state index contributed by atoms with van der Waals surface area (Å²) >= 11 is 3.31. The summed E-state index contributed by atoms with van der Waals surface area (Å²) in [5, 5.41) is 0. The molecule has 0 aromatic heterocycles. The third-order valence-electron chi connectivity index (χ3n) is 1.96. The molecule has 14 heavy (non-hydrogen) atoms. The van der Waals surface area contributed by atoms with E-state index in [1.807, 2.05) is 25.9 Å². The van der Waals surface area contributed by atoms with Crippen molar-refractivity contribution in [3.63, 3.8) is 0 Å². The van der Waals surface area contributed by atoms with Crippen LogP contribution in [0.2, 0.25) is 0 Å². The van der Waals surface area contributed by atoms with Gasteiger partial charge in [0.2, 0.25) is 5.91 Å². The lowest BCUT2D eigenvalue weighted by molar-refractivity contribution is -0.130. The molecule has 3 nitrogen and oxygen atoms in total. The second kappa shape index (κ2) is 7.23. The Morgan fingerprint density at radius 1 is 1.29 bits per heavy atom. The first-order valence-electron chi connectivity index (χ1n) is 5.06. The van der Waals surface area contributed by atoms with Gasteiger partial charge in [-0.2, -0.15) is 0 Å². The zero-order valence-corrected chi connectivity index (χ0v) is 11.2. The van der Waals surface area contributed by atoms with E-state index in [0.29, 0.717) is 0 Å². The van der Waals surface area contributed by atoms with Crippen LogP contribution in [0.25, 0.3) is 0 Å². The fourth-order valence-corrected chi connectivity index (χ4v) is 1.46. The number of rotatable bonds is 6. The average molecular weight is 265 g/mol. The van der Waals surface area contributed by atoms with Gasteiger partial charge in [-0.05, 0) is 27.4 Å². The van der Waals surface area contributed by atoms with E-state index in [1.54, 1.807) is 0 Å². The predicted octanol–water partition coefficient (Wildman–Crippen LogP) is 1.57. The van der Waals surface area contributed by atoms with Gasteiger partial charge in [-0.1, -0.05) is 22.9 Å². The van der Waals surface area contributed by atoms with E-state index in [9.17, 15) is 4.79 Å². The van der Waals surface area contributed by atoms with E-state index in [0.717, 1.165) is 26.1 Å². The summed E-state index contributed by atoms with van der Waals surface area (Å²) in [7, 11) is 4.04. The van der Waals surface area contributed by atoms with Crippen molar-refractivity contribution in [2.75, 3.05) is 33.7 Å². The highest BCUT2D eigenvalue weighted by atomic mass is 79.9. The molecule has 1 atom stereocenters. The van der Waals surface area contributed by atoms with Gasteiger partial charge in [0.25, 0.3) is 0 Å². The van der Waals surface area contributed by atoms with E-state index >= 15 is 0 Å². The Labute approximate surface area is 95.6 Å². The lowest BCUT2D eigenvalue weighted by Gasteiger charge is -2.25. The van der Waals surface area contributed by atoms with Crippen molar-refractivity contribution in [1.29, 1.82) is 0 Å². The molecule has 1 amide bonds. The number of amides is 1. The van der Waals surface area contributed by atoms with E-state index < -0.39 is 0 Å². The molecule has 0 aliphatic rings. The van der Waals surface area contributed by atoms with Crippen molar-refractivity contribution in [2.45, 2.75) is 25.1 Å². The maximum Gasteiger partial charge on any atom is 0.236 e. The van der Waals surface area contributed by atoms with Gasteiger partial charge in [-0.25, -0.2) is 0 Å². The highest BCUT2D eigenvalue weighted by molar-refractivity contribution is 9.10. The van der Waals surface area contributed by atoms with Gasteiger partial charge in [0, 0.05) is 19.6 Å². The second-order valence-electron chi connectivity index (χ2n) is 3.74. The number of alkyl halides is 1. The number of halogens is 1. The Morgan fingerprint density at radius 2 is 1.86 bits per heavy atom. The summed E-state index contributed by atoms with van der Waals surface area (Å²) in [4.78, 5) is 15.6. The molecule has 0 aliphatic carbocycles. The van der Waals surface area contributed by atoms with Crippen LogP contribution in [0.5, 0.6) is 0 Å². The zero-order valence-electron chi connectivity index (χ0n) is 9.59. The zero-order chi connectivity index (χ0) is 11.1. The van der Waals surface area contributed by atoms with Crippen molar-refractivity contribution in [1.82, 2.24) is 9.80 Å². The summed E-state index contributed by atoms with van der Waals surface area (Å²) in [6, 6.07) is 0. The molecule has 1 unspecified atom stereocenters. The molecule has 0 heterocycles. The first-order chi connectivity index (χ1) is 6.49. The van der Waals surface area contributed by atoms with Gasteiger partial charge in [0.1, 0.15) is 0 Å². The number of hydrogen-bond acceptors (Lipinski definition) is 2. The van der Waals surface area contributed by atoms with E-state index in [4.69, 9.17) is 0 Å². The average Bonchev–Trinajstić information content (AvgIpc) is 2.10. The Balaban J connectivity index is 4.07. The molecule has 84 valence electrons. The van der Waals surface area contributed by atoms with Crippen molar-refractivity contribution in [3.8, 4) is 0 Å². The first kappa shape index (κ1) is 13.9. The number of carbonyl (C=O) groups is 1. The van der Waals surface area contributed by atoms with Gasteiger partial charge in [-0.15, -0.1) is 0 Å². The van der Waals surface area contributed by atoms with Gasteiger partial charge in [0.15, 0.2) is 0 Å². The highest BCUT2D eigenvalue weighted by Crippen LogP contribution is 2.04. The van der Waals surface area contributed by atoms with E-state index in [1.165, 1.54) is 0 Å². The number of hydrogen-bond donors (Lipinski definition) is 0. The summed E-state index contributed by atoms with van der Waals surface area (Å²) < 4.78 is 0. The SMILES string of the molecule is CCCN(CCN(C)C)C(=O)C(C)Br. The molecule has 4 heteroatoms. The lowest BCUT2D eigenvalue weighted by atomic mass is 10.3. The molecule has 0 saturated carbocycles. The predicted molar refractivity (Wildman–Crippen MR) is 63.8 cm³/mol. The number of likely N-dealkylation sites (N-methyl/N-ethyl adjacent to an activating group) is 1. The third kappa shape index (κ3) is 5.60. The monoisotopic (exact) mass is 264 g/mol. The van der Waals surface area contributed by atoms with Crippen LogP contribution in [0.1, 0.15) is 20.3 Å². The molecular formula is C10H21BrN2O. The molecule has 0 N–H and O–H groups in total. The van der Waals surface area contributed by atoms with Crippen LogP contribution in [0.4, 0.5) is 0 Å². The molecule has 0 fully saturated rings. The van der Waals surface area contributed by atoms with E-state index in [-0.39, 0.29) is 10.7 Å². The Kier molecular flexibility index (Phi) is 7.19. The fourth-order valence-electron chi connectivity index (χ4n) is 1.17. The van der Waals surface area contributed by atoms with Gasteiger partial charge in [0.05, 0.1) is 4.83 Å². The quantitative estimate of drug-likeness (QED) is 0.681. The molecule has 0 saturated heterocycles. The molecule has 0 radical (unpaired) electrons. The van der Waals surface area contributed by atoms with Crippen LogP contribution in [-0.4, -0.2) is 54.3 Å². The molecule has 0 aromatic rings. The molecular weight excluding hydrogens is 244 g/mol. The fraction of sp³-hybridized carbons (Fsp3) is 0.900. The lowest BCUT2D eigenvalue weighted by Crippen LogP contribution is -2.40. The van der Waals surface area contributed by atoms with Gasteiger partial charge >= 0.3 is 0 Å². The number of carbonyl (C=O) groups excluding carboxylic acids is 1. The maximum atomic E-state index is 11.7. The molecule has 0 spiro atoms. The minimum absolute atomic E-state index is 0.0730. The summed E-state index contributed by atoms with van der Waals surface area (Å²) in [6.45, 7) is 6.55. The summed E-state index contributed by atoms with van der Waals surface area (Å²) in [5.41, 5.74) is 0. The van der Waals surface area contributed by atoms with Gasteiger partial charge in [-0.3, -0.25) is 4.79 Å². The van der Waals surface area contributed by atoms with Crippen LogP contribution in [-0.2, 0) is 4.79 Å². The minimum atomic E-state index is -0.0730. The molecule has 0 aromatic carbocycles. The topological polar surface area (TPSA) is 23.6 Å². The summed E-state index contributed by atoms with van der Waals surface area (Å²) in [5.74, 6) is 0.189. The third-order valence-corrected chi connectivity index (χ3v) is 2.35. The number of nitrogens with zero attached hydrogens (tertiary/aromatic N) is 2. The maximum absolute atomic E-state index is 11.7. The highest BCUT2D eigenvalue weighted by Gasteiger charge is 2.16. The van der Waals surface area contributed by atoms with Crippen molar-refractivity contribution in [3.05, 3.63) is 0 Å². The summed E-state index contributed by atoms with van der Waals surface area (Å²) in [6.07, 6.45) is 1.01. The van der Waals surface area contributed by atoms with Crippen LogP contribution in [0.15, 0.2) is 0 Å². The minimum Gasteiger partial charge on any atom is -0.340 e. The Bertz CT molecular complexity index is 172. The molecule has 0 rings (SSSR count). The largest absolute Gasteiger partial charge is 0.340 e. The molecule has 0 aliphatic heterocycles. The van der Waals surface area contributed by atoms with Gasteiger partial charge < -0.3 is 9.80 Å². The van der Waals surface area contributed by atoms with Crippen molar-refractivity contribution in [2.24, 2.45) is 0 Å². The van der Waals surface area contributed by atoms with Crippen LogP contribution in [0, 0.1) is 0 Å². The Morgan fingerprint density at radius 3 is 2.21 bits per heavy atom.